The van der Waals surface area contributed by atoms with Crippen LogP contribution >= 0.6 is 11.6 Å². The number of imide groups is 2. The average Bonchev–Trinajstić information content (AvgIpc) is 3.00. The van der Waals surface area contributed by atoms with Crippen molar-refractivity contribution in [3.63, 3.8) is 0 Å². The third-order valence-corrected chi connectivity index (χ3v) is 6.99. The molecule has 0 spiro atoms. The minimum atomic E-state index is -0.814. The number of benzene rings is 4. The summed E-state index contributed by atoms with van der Waals surface area (Å²) >= 11 is 6.28. The Labute approximate surface area is 248 Å². The molecule has 42 heavy (non-hydrogen) atoms. The van der Waals surface area contributed by atoms with Gasteiger partial charge in [-0.25, -0.2) is 4.79 Å². The summed E-state index contributed by atoms with van der Waals surface area (Å²) in [5.74, 6) is -0.0812. The van der Waals surface area contributed by atoms with E-state index in [0.717, 1.165) is 27.7 Å². The number of hydrogen-bond acceptors (Lipinski definition) is 6. The van der Waals surface area contributed by atoms with Gasteiger partial charge in [0.2, 0.25) is 0 Å². The van der Waals surface area contributed by atoms with Gasteiger partial charge in [-0.3, -0.25) is 19.8 Å². The van der Waals surface area contributed by atoms with Gasteiger partial charge in [0.15, 0.2) is 11.5 Å². The summed E-state index contributed by atoms with van der Waals surface area (Å²) in [6.45, 7) is 2.69. The predicted octanol–water partition coefficient (Wildman–Crippen LogP) is 6.53. The summed E-state index contributed by atoms with van der Waals surface area (Å²) < 4.78 is 17.3. The Morgan fingerprint density at radius 2 is 1.67 bits per heavy atom. The van der Waals surface area contributed by atoms with Crippen molar-refractivity contribution in [2.24, 2.45) is 0 Å². The Morgan fingerprint density at radius 3 is 2.48 bits per heavy atom. The monoisotopic (exact) mass is 584 g/mol. The topological polar surface area (TPSA) is 94.2 Å². The normalized spacial score (nSPS) is 14.3. The summed E-state index contributed by atoms with van der Waals surface area (Å²) in [5.41, 5.74) is 1.80. The van der Waals surface area contributed by atoms with Crippen LogP contribution < -0.4 is 19.5 Å². The number of carbonyl (C=O) groups excluding carboxylic acids is 3. The molecule has 4 aromatic rings. The Balaban J connectivity index is 1.40. The van der Waals surface area contributed by atoms with Crippen LogP contribution in [0.25, 0.3) is 16.8 Å². The third kappa shape index (κ3) is 6.24. The Hall–Kier alpha value is -4.82. The second-order valence-corrected chi connectivity index (χ2v) is 10.1. The highest BCUT2D eigenvalue weighted by molar-refractivity contribution is 6.32. The van der Waals surface area contributed by atoms with E-state index >= 15 is 0 Å². The number of urea groups is 1. The summed E-state index contributed by atoms with van der Waals surface area (Å²) in [6.07, 6.45) is 2.22. The van der Waals surface area contributed by atoms with Crippen molar-refractivity contribution < 1.29 is 28.6 Å². The number of carbonyl (C=O) groups is 3. The highest BCUT2D eigenvalue weighted by Crippen LogP contribution is 2.31. The average molecular weight is 585 g/mol. The second-order valence-electron chi connectivity index (χ2n) is 9.65. The molecule has 1 aliphatic heterocycles. The van der Waals surface area contributed by atoms with Crippen molar-refractivity contribution in [3.05, 3.63) is 106 Å². The predicted molar refractivity (Wildman–Crippen MR) is 161 cm³/mol. The van der Waals surface area contributed by atoms with Crippen LogP contribution in [0.15, 0.2) is 84.4 Å². The molecule has 1 heterocycles. The van der Waals surface area contributed by atoms with Gasteiger partial charge in [-0.1, -0.05) is 67.1 Å². The van der Waals surface area contributed by atoms with E-state index < -0.39 is 17.8 Å². The number of barbiturate groups is 1. The highest BCUT2D eigenvalue weighted by atomic mass is 35.5. The third-order valence-electron chi connectivity index (χ3n) is 6.75. The number of rotatable bonds is 10. The van der Waals surface area contributed by atoms with Crippen molar-refractivity contribution in [2.45, 2.75) is 26.5 Å². The molecule has 1 N–H and O–H groups in total. The maximum Gasteiger partial charge on any atom is 0.331 e. The van der Waals surface area contributed by atoms with Crippen molar-refractivity contribution in [3.8, 4) is 17.2 Å². The van der Waals surface area contributed by atoms with Crippen LogP contribution in [-0.4, -0.2) is 36.5 Å². The number of nitrogens with zero attached hydrogens (tertiary/aromatic N) is 1. The molecule has 1 saturated heterocycles. The van der Waals surface area contributed by atoms with Crippen molar-refractivity contribution in [1.82, 2.24) is 10.2 Å². The van der Waals surface area contributed by atoms with Crippen LogP contribution in [0.1, 0.15) is 30.0 Å². The van der Waals surface area contributed by atoms with E-state index in [-0.39, 0.29) is 18.7 Å². The van der Waals surface area contributed by atoms with E-state index in [4.69, 9.17) is 25.8 Å². The number of fused-ring (bicyclic) bond motifs is 1. The summed E-state index contributed by atoms with van der Waals surface area (Å²) in [7, 11) is 1.51. The van der Waals surface area contributed by atoms with Crippen molar-refractivity contribution >= 4 is 46.3 Å². The molecule has 0 unspecified atom stereocenters. The van der Waals surface area contributed by atoms with Crippen molar-refractivity contribution in [1.29, 1.82) is 0 Å². The fraction of sp³-hybridized carbons (Fsp3) is 0.182. The molecule has 5 rings (SSSR count). The molecular weight excluding hydrogens is 556 g/mol. The smallest absolute Gasteiger partial charge is 0.331 e. The van der Waals surface area contributed by atoms with Gasteiger partial charge in [0, 0.05) is 10.6 Å². The zero-order chi connectivity index (χ0) is 29.6. The van der Waals surface area contributed by atoms with Gasteiger partial charge in [0.1, 0.15) is 17.9 Å². The summed E-state index contributed by atoms with van der Waals surface area (Å²) in [6, 6.07) is 23.3. The molecular formula is C33H29ClN2O6. The van der Waals surface area contributed by atoms with Crippen LogP contribution in [-0.2, 0) is 22.7 Å². The largest absolute Gasteiger partial charge is 0.493 e. The Bertz CT molecular complexity index is 1690. The van der Waals surface area contributed by atoms with Crippen LogP contribution in [0.4, 0.5) is 4.79 Å². The van der Waals surface area contributed by atoms with Crippen LogP contribution in [0.2, 0.25) is 5.02 Å². The van der Waals surface area contributed by atoms with E-state index in [1.807, 2.05) is 49.4 Å². The van der Waals surface area contributed by atoms with E-state index in [0.29, 0.717) is 40.0 Å². The quantitative estimate of drug-likeness (QED) is 0.168. The fourth-order valence-electron chi connectivity index (χ4n) is 4.65. The first-order chi connectivity index (χ1) is 20.4. The van der Waals surface area contributed by atoms with Gasteiger partial charge < -0.3 is 14.2 Å². The lowest BCUT2D eigenvalue weighted by Gasteiger charge is -2.26. The lowest BCUT2D eigenvalue weighted by molar-refractivity contribution is -0.130. The van der Waals surface area contributed by atoms with E-state index in [1.54, 1.807) is 36.4 Å². The standard InChI is InChI=1S/C33H29ClN2O6/c1-3-15-41-29-13-11-21(16-30(29)40-2)19-36-32(38)27(31(37)35-33(36)39)18-24-17-25(34)12-14-28(24)42-20-23-9-6-8-22-7-4-5-10-26(22)23/h4-14,16-18H,3,15,19-20H2,1-2H3,(H,35,37,39)/b27-18+. The summed E-state index contributed by atoms with van der Waals surface area (Å²) in [5, 5.41) is 4.81. The van der Waals surface area contributed by atoms with Gasteiger partial charge in [0.05, 0.1) is 20.3 Å². The lowest BCUT2D eigenvalue weighted by atomic mass is 10.0. The molecule has 4 aromatic carbocycles. The summed E-state index contributed by atoms with van der Waals surface area (Å²) in [4.78, 5) is 40.0. The lowest BCUT2D eigenvalue weighted by Crippen LogP contribution is -2.53. The van der Waals surface area contributed by atoms with Crippen LogP contribution in [0, 0.1) is 0 Å². The molecule has 0 saturated carbocycles. The van der Waals surface area contributed by atoms with Gasteiger partial charge >= 0.3 is 6.03 Å². The number of amides is 4. The van der Waals surface area contributed by atoms with E-state index in [2.05, 4.69) is 5.32 Å². The van der Waals surface area contributed by atoms with Crippen LogP contribution in [0.5, 0.6) is 17.2 Å². The van der Waals surface area contributed by atoms with Crippen molar-refractivity contribution in [2.75, 3.05) is 13.7 Å². The first-order valence-electron chi connectivity index (χ1n) is 13.5. The molecule has 1 fully saturated rings. The molecule has 9 heteroatoms. The highest BCUT2D eigenvalue weighted by Gasteiger charge is 2.36. The Morgan fingerprint density at radius 1 is 0.881 bits per heavy atom. The number of methoxy groups -OCH3 is 1. The number of hydrogen-bond donors (Lipinski definition) is 1. The molecule has 1 aliphatic rings. The Kier molecular flexibility index (Phi) is 8.74. The SMILES string of the molecule is CCCOc1ccc(CN2C(=O)NC(=O)/C(=C\c3cc(Cl)ccc3OCc3cccc4ccccc34)C2=O)cc1OC. The maximum absolute atomic E-state index is 13.5. The molecule has 8 nitrogen and oxygen atoms in total. The minimum Gasteiger partial charge on any atom is -0.493 e. The molecule has 0 aromatic heterocycles. The zero-order valence-corrected chi connectivity index (χ0v) is 23.9. The molecule has 0 atom stereocenters. The first kappa shape index (κ1) is 28.7. The van der Waals surface area contributed by atoms with E-state index in [1.165, 1.54) is 13.2 Å². The van der Waals surface area contributed by atoms with Gasteiger partial charge in [-0.2, -0.15) is 0 Å². The molecule has 4 amide bonds. The number of ether oxygens (including phenoxy) is 3. The molecule has 214 valence electrons. The number of halogens is 1. The molecule has 0 radical (unpaired) electrons. The number of nitrogens with one attached hydrogen (secondary N) is 1. The maximum atomic E-state index is 13.5. The second kappa shape index (κ2) is 12.8. The molecule has 0 bridgehead atoms. The van der Waals surface area contributed by atoms with Gasteiger partial charge in [0.25, 0.3) is 11.8 Å². The first-order valence-corrected chi connectivity index (χ1v) is 13.8. The van der Waals surface area contributed by atoms with Gasteiger partial charge in [-0.15, -0.1) is 0 Å². The fourth-order valence-corrected chi connectivity index (χ4v) is 4.84. The van der Waals surface area contributed by atoms with Crippen LogP contribution in [0.3, 0.4) is 0 Å². The molecule has 0 aliphatic carbocycles. The van der Waals surface area contributed by atoms with E-state index in [9.17, 15) is 14.4 Å². The zero-order valence-electron chi connectivity index (χ0n) is 23.2. The minimum absolute atomic E-state index is 0.0836. The van der Waals surface area contributed by atoms with Gasteiger partial charge in [-0.05, 0) is 64.7 Å².